The zero-order chi connectivity index (χ0) is 22.7. The molecule has 2 saturated heterocycles. The molecule has 0 N–H and O–H groups in total. The van der Waals surface area contributed by atoms with Crippen LogP contribution in [0.1, 0.15) is 24.0 Å². The van der Waals surface area contributed by atoms with E-state index < -0.39 is 5.41 Å². The molecule has 2 aromatic carbocycles. The molecule has 6 heteroatoms. The number of hydrogen-bond acceptors (Lipinski definition) is 5. The minimum absolute atomic E-state index is 0.0692. The Labute approximate surface area is 192 Å². The highest BCUT2D eigenvalue weighted by molar-refractivity contribution is 5.84. The highest BCUT2D eigenvalue weighted by Crippen LogP contribution is 2.38. The topological polar surface area (TPSA) is 65.1 Å². The Bertz CT molecular complexity index is 1120. The summed E-state index contributed by atoms with van der Waals surface area (Å²) in [5, 5.41) is 0. The number of allylic oxidation sites excluding steroid dienone is 2. The van der Waals surface area contributed by atoms with E-state index >= 15 is 0 Å². The Morgan fingerprint density at radius 3 is 2.36 bits per heavy atom. The molecule has 3 aliphatic rings. The number of rotatable bonds is 7. The van der Waals surface area contributed by atoms with E-state index in [0.29, 0.717) is 37.5 Å². The minimum atomic E-state index is -1.02. The third kappa shape index (κ3) is 4.55. The zero-order valence-electron chi connectivity index (χ0n) is 18.2. The van der Waals surface area contributed by atoms with Crippen molar-refractivity contribution in [1.82, 2.24) is 4.90 Å². The SMILES string of the molecule is O=C1CC2OC(=CC3(C(=O)OCc4ccccc4)C=CC(OCc4ccccc4)=CC3)CN12. The third-order valence-corrected chi connectivity index (χ3v) is 6.08. The van der Waals surface area contributed by atoms with Gasteiger partial charge in [-0.05, 0) is 35.8 Å². The quantitative estimate of drug-likeness (QED) is 0.473. The molecule has 168 valence electrons. The van der Waals surface area contributed by atoms with E-state index in [0.717, 1.165) is 11.1 Å². The van der Waals surface area contributed by atoms with Gasteiger partial charge in [-0.3, -0.25) is 14.5 Å². The van der Waals surface area contributed by atoms with Crippen LogP contribution >= 0.6 is 0 Å². The standard InChI is InChI=1S/C27H25NO5/c29-24-15-25-28(24)17-23(33-25)16-27(26(30)32-19-21-9-5-2-6-10-21)13-11-22(12-14-27)31-18-20-7-3-1-4-8-20/h1-13,16,25H,14-15,17-19H2. The number of nitrogens with zero attached hydrogens (tertiary/aromatic N) is 1. The summed E-state index contributed by atoms with van der Waals surface area (Å²) in [6, 6.07) is 19.5. The van der Waals surface area contributed by atoms with Crippen molar-refractivity contribution >= 4 is 11.9 Å². The lowest BCUT2D eigenvalue weighted by atomic mass is 9.80. The predicted octanol–water partition coefficient (Wildman–Crippen LogP) is 4.25. The molecule has 1 aliphatic carbocycles. The van der Waals surface area contributed by atoms with Crippen molar-refractivity contribution in [2.75, 3.05) is 6.54 Å². The van der Waals surface area contributed by atoms with Crippen molar-refractivity contribution in [3.8, 4) is 0 Å². The summed E-state index contributed by atoms with van der Waals surface area (Å²) in [6.07, 6.45) is 7.87. The van der Waals surface area contributed by atoms with Gasteiger partial charge in [0.15, 0.2) is 6.23 Å². The molecule has 0 bridgehead atoms. The van der Waals surface area contributed by atoms with Gasteiger partial charge in [-0.1, -0.05) is 66.7 Å². The number of carbonyl (C=O) groups excluding carboxylic acids is 2. The van der Waals surface area contributed by atoms with Gasteiger partial charge < -0.3 is 14.2 Å². The van der Waals surface area contributed by atoms with Crippen molar-refractivity contribution in [2.45, 2.75) is 32.3 Å². The molecule has 6 nitrogen and oxygen atoms in total. The van der Waals surface area contributed by atoms with Crippen molar-refractivity contribution in [3.63, 3.8) is 0 Å². The molecule has 0 aromatic heterocycles. The van der Waals surface area contributed by atoms with Crippen LogP contribution < -0.4 is 0 Å². The fraction of sp³-hybridized carbons (Fsp3) is 0.259. The maximum Gasteiger partial charge on any atom is 0.320 e. The Morgan fingerprint density at radius 1 is 1.06 bits per heavy atom. The summed E-state index contributed by atoms with van der Waals surface area (Å²) in [6.45, 7) is 1.02. The van der Waals surface area contributed by atoms with Gasteiger partial charge in [0.1, 0.15) is 30.1 Å². The average Bonchev–Trinajstić information content (AvgIpc) is 3.19. The van der Waals surface area contributed by atoms with Gasteiger partial charge in [-0.2, -0.15) is 0 Å². The smallest absolute Gasteiger partial charge is 0.320 e. The molecule has 2 atom stereocenters. The zero-order valence-corrected chi connectivity index (χ0v) is 18.2. The second-order valence-corrected chi connectivity index (χ2v) is 8.43. The number of fused-ring (bicyclic) bond motifs is 1. The van der Waals surface area contributed by atoms with Crippen LogP contribution in [0.15, 0.2) is 96.5 Å². The number of carbonyl (C=O) groups is 2. The van der Waals surface area contributed by atoms with E-state index in [9.17, 15) is 9.59 Å². The van der Waals surface area contributed by atoms with Crippen LogP contribution in [-0.4, -0.2) is 29.5 Å². The molecule has 1 amide bonds. The number of esters is 1. The lowest BCUT2D eigenvalue weighted by Crippen LogP contribution is -2.48. The highest BCUT2D eigenvalue weighted by Gasteiger charge is 2.46. The van der Waals surface area contributed by atoms with E-state index in [-0.39, 0.29) is 24.7 Å². The van der Waals surface area contributed by atoms with Gasteiger partial charge in [-0.15, -0.1) is 0 Å². The lowest BCUT2D eigenvalue weighted by molar-refractivity contribution is -0.154. The molecule has 0 radical (unpaired) electrons. The van der Waals surface area contributed by atoms with Crippen LogP contribution in [0.2, 0.25) is 0 Å². The van der Waals surface area contributed by atoms with Gasteiger partial charge in [-0.25, -0.2) is 0 Å². The molecule has 2 heterocycles. The summed E-state index contributed by atoms with van der Waals surface area (Å²) in [4.78, 5) is 26.7. The minimum Gasteiger partial charge on any atom is -0.489 e. The second kappa shape index (κ2) is 8.98. The van der Waals surface area contributed by atoms with Crippen molar-refractivity contribution in [2.24, 2.45) is 5.41 Å². The number of hydrogen-bond donors (Lipinski definition) is 0. The first-order valence-corrected chi connectivity index (χ1v) is 11.1. The van der Waals surface area contributed by atoms with Crippen molar-refractivity contribution in [1.29, 1.82) is 0 Å². The molecule has 2 fully saturated rings. The Hall–Kier alpha value is -3.80. The van der Waals surface area contributed by atoms with Crippen LogP contribution in [0.5, 0.6) is 0 Å². The predicted molar refractivity (Wildman–Crippen MR) is 121 cm³/mol. The maximum atomic E-state index is 13.3. The summed E-state index contributed by atoms with van der Waals surface area (Å²) < 4.78 is 17.5. The van der Waals surface area contributed by atoms with E-state index in [1.165, 1.54) is 0 Å². The molecule has 0 spiro atoms. The van der Waals surface area contributed by atoms with Crippen LogP contribution in [0.25, 0.3) is 0 Å². The van der Waals surface area contributed by atoms with Crippen molar-refractivity contribution < 1.29 is 23.8 Å². The first kappa shape index (κ1) is 21.1. The summed E-state index contributed by atoms with van der Waals surface area (Å²) in [5.74, 6) is 1.03. The van der Waals surface area contributed by atoms with E-state index in [1.54, 1.807) is 11.0 Å². The second-order valence-electron chi connectivity index (χ2n) is 8.43. The molecule has 2 unspecified atom stereocenters. The van der Waals surface area contributed by atoms with Crippen LogP contribution in [0, 0.1) is 5.41 Å². The first-order chi connectivity index (χ1) is 16.1. The molecule has 5 rings (SSSR count). The summed E-state index contributed by atoms with van der Waals surface area (Å²) >= 11 is 0. The highest BCUT2D eigenvalue weighted by atomic mass is 16.5. The Morgan fingerprint density at radius 2 is 1.76 bits per heavy atom. The van der Waals surface area contributed by atoms with Crippen LogP contribution in [-0.2, 0) is 37.0 Å². The van der Waals surface area contributed by atoms with E-state index in [1.807, 2.05) is 78.9 Å². The van der Waals surface area contributed by atoms with Crippen molar-refractivity contribution in [3.05, 3.63) is 108 Å². The van der Waals surface area contributed by atoms with Gasteiger partial charge >= 0.3 is 5.97 Å². The lowest BCUT2D eigenvalue weighted by Gasteiger charge is -2.30. The maximum absolute atomic E-state index is 13.3. The number of ether oxygens (including phenoxy) is 3. The van der Waals surface area contributed by atoms with Gasteiger partial charge in [0.25, 0.3) is 0 Å². The average molecular weight is 443 g/mol. The molecule has 2 aromatic rings. The Kier molecular flexibility index (Phi) is 5.73. The molecule has 33 heavy (non-hydrogen) atoms. The molecule has 2 aliphatic heterocycles. The number of amides is 1. The van der Waals surface area contributed by atoms with Gasteiger partial charge in [0.2, 0.25) is 5.91 Å². The first-order valence-electron chi connectivity index (χ1n) is 11.1. The van der Waals surface area contributed by atoms with E-state index in [2.05, 4.69) is 0 Å². The summed E-state index contributed by atoms with van der Waals surface area (Å²) in [7, 11) is 0. The molecular formula is C27H25NO5. The number of benzene rings is 2. The fourth-order valence-corrected chi connectivity index (χ4v) is 4.13. The monoisotopic (exact) mass is 443 g/mol. The van der Waals surface area contributed by atoms with E-state index in [4.69, 9.17) is 14.2 Å². The van der Waals surface area contributed by atoms with Crippen LogP contribution in [0.3, 0.4) is 0 Å². The molecule has 0 saturated carbocycles. The Balaban J connectivity index is 1.31. The van der Waals surface area contributed by atoms with Gasteiger partial charge in [0, 0.05) is 0 Å². The van der Waals surface area contributed by atoms with Gasteiger partial charge in [0.05, 0.1) is 13.0 Å². The summed E-state index contributed by atoms with van der Waals surface area (Å²) in [5.41, 5.74) is 0.974. The largest absolute Gasteiger partial charge is 0.489 e. The third-order valence-electron chi connectivity index (χ3n) is 6.08. The molecular weight excluding hydrogens is 418 g/mol. The number of β-lactam (4-membered cyclic amide) rings is 1. The normalized spacial score (nSPS) is 24.5. The van der Waals surface area contributed by atoms with Crippen LogP contribution in [0.4, 0.5) is 0 Å². The fourth-order valence-electron chi connectivity index (χ4n) is 4.13.